The monoisotopic (exact) mass is 436 g/mol. The molecule has 0 unspecified atom stereocenters. The smallest absolute Gasteiger partial charge is 0.416 e. The van der Waals surface area contributed by atoms with E-state index in [9.17, 15) is 22.8 Å². The van der Waals surface area contributed by atoms with Crippen molar-refractivity contribution in [2.45, 2.75) is 38.8 Å². The van der Waals surface area contributed by atoms with E-state index in [-0.39, 0.29) is 37.0 Å². The van der Waals surface area contributed by atoms with Crippen LogP contribution in [0.5, 0.6) is 5.75 Å². The zero-order chi connectivity index (χ0) is 22.9. The lowest BCUT2D eigenvalue weighted by atomic mass is 10.1. The third kappa shape index (κ3) is 7.31. The summed E-state index contributed by atoms with van der Waals surface area (Å²) in [7, 11) is 1.53. The van der Waals surface area contributed by atoms with Crippen LogP contribution in [-0.2, 0) is 11.0 Å². The van der Waals surface area contributed by atoms with Crippen LogP contribution in [0.25, 0.3) is 0 Å². The van der Waals surface area contributed by atoms with Crippen molar-refractivity contribution in [2.24, 2.45) is 0 Å². The van der Waals surface area contributed by atoms with Crippen LogP contribution in [0.4, 0.5) is 18.9 Å². The fraction of sp³-hybridized carbons (Fsp3) is 0.391. The van der Waals surface area contributed by atoms with Crippen LogP contribution in [0, 0.1) is 0 Å². The number of alkyl halides is 3. The zero-order valence-electron chi connectivity index (χ0n) is 17.7. The highest BCUT2D eigenvalue weighted by Crippen LogP contribution is 2.32. The third-order valence-corrected chi connectivity index (χ3v) is 4.73. The van der Waals surface area contributed by atoms with Gasteiger partial charge in [0.2, 0.25) is 5.91 Å². The molecule has 0 saturated heterocycles. The summed E-state index contributed by atoms with van der Waals surface area (Å²) in [6.45, 7) is 2.42. The lowest BCUT2D eigenvalue weighted by molar-refractivity contribution is -0.137. The maximum Gasteiger partial charge on any atom is 0.416 e. The average Bonchev–Trinajstić information content (AvgIpc) is 2.76. The van der Waals surface area contributed by atoms with Crippen LogP contribution in [-0.4, -0.2) is 32.0 Å². The van der Waals surface area contributed by atoms with Gasteiger partial charge in [-0.05, 0) is 55.3 Å². The second-order valence-corrected chi connectivity index (χ2v) is 7.03. The molecule has 0 aromatic heterocycles. The van der Waals surface area contributed by atoms with Gasteiger partial charge in [0.25, 0.3) is 5.91 Å². The van der Waals surface area contributed by atoms with Gasteiger partial charge in [0.15, 0.2) is 0 Å². The predicted molar refractivity (Wildman–Crippen MR) is 113 cm³/mol. The number of nitrogens with zero attached hydrogens (tertiary/aromatic N) is 1. The van der Waals surface area contributed by atoms with Crippen LogP contribution < -0.4 is 15.0 Å². The van der Waals surface area contributed by atoms with Crippen LogP contribution >= 0.6 is 0 Å². The Morgan fingerprint density at radius 2 is 1.77 bits per heavy atom. The van der Waals surface area contributed by atoms with Gasteiger partial charge in [0.05, 0.1) is 12.7 Å². The first-order valence-corrected chi connectivity index (χ1v) is 10.2. The summed E-state index contributed by atoms with van der Waals surface area (Å²) in [5.74, 6) is 0.132. The summed E-state index contributed by atoms with van der Waals surface area (Å²) >= 11 is 0. The van der Waals surface area contributed by atoms with E-state index in [2.05, 4.69) is 5.32 Å². The lowest BCUT2D eigenvalue weighted by Gasteiger charge is -2.24. The Kier molecular flexibility index (Phi) is 8.90. The minimum Gasteiger partial charge on any atom is -0.497 e. The van der Waals surface area contributed by atoms with E-state index < -0.39 is 11.7 Å². The number of halogens is 3. The fourth-order valence-electron chi connectivity index (χ4n) is 2.99. The van der Waals surface area contributed by atoms with Crippen LogP contribution in [0.3, 0.4) is 0 Å². The normalized spacial score (nSPS) is 11.1. The summed E-state index contributed by atoms with van der Waals surface area (Å²) in [5.41, 5.74) is -0.127. The second-order valence-electron chi connectivity index (χ2n) is 7.03. The minimum absolute atomic E-state index is 0.201. The Balaban J connectivity index is 2.01. The molecule has 8 heteroatoms. The van der Waals surface area contributed by atoms with Gasteiger partial charge in [0, 0.05) is 30.8 Å². The van der Waals surface area contributed by atoms with Gasteiger partial charge in [-0.15, -0.1) is 0 Å². The number of benzene rings is 2. The topological polar surface area (TPSA) is 58.6 Å². The summed E-state index contributed by atoms with van der Waals surface area (Å²) < 4.78 is 44.3. The van der Waals surface area contributed by atoms with E-state index in [4.69, 9.17) is 4.74 Å². The molecule has 0 atom stereocenters. The number of ether oxygens (including phenoxy) is 1. The van der Waals surface area contributed by atoms with E-state index in [0.29, 0.717) is 24.2 Å². The number of nitrogens with one attached hydrogen (secondary N) is 1. The van der Waals surface area contributed by atoms with Crippen molar-refractivity contribution < 1.29 is 27.5 Å². The molecule has 2 aromatic carbocycles. The van der Waals surface area contributed by atoms with Gasteiger partial charge < -0.3 is 15.0 Å². The Bertz CT molecular complexity index is 867. The number of hydrogen-bond acceptors (Lipinski definition) is 3. The molecule has 5 nitrogen and oxygen atoms in total. The molecule has 0 saturated carbocycles. The first-order chi connectivity index (χ1) is 14.8. The maximum atomic E-state index is 13.1. The molecule has 0 aliphatic carbocycles. The zero-order valence-corrected chi connectivity index (χ0v) is 17.7. The van der Waals surface area contributed by atoms with Crippen LogP contribution in [0.2, 0.25) is 0 Å². The van der Waals surface area contributed by atoms with Crippen molar-refractivity contribution >= 4 is 17.5 Å². The van der Waals surface area contributed by atoms with E-state index in [0.717, 1.165) is 18.6 Å². The molecular formula is C23H27F3N2O3. The SMILES string of the molecule is CCCCC(=O)N(CCCNC(=O)c1ccc(OC)cc1)c1cccc(C(F)(F)F)c1. The van der Waals surface area contributed by atoms with Crippen molar-refractivity contribution in [3.8, 4) is 5.75 Å². The molecule has 0 bridgehead atoms. The molecule has 2 amide bonds. The van der Waals surface area contributed by atoms with Crippen molar-refractivity contribution in [1.29, 1.82) is 0 Å². The van der Waals surface area contributed by atoms with Gasteiger partial charge in [0.1, 0.15) is 5.75 Å². The number of anilines is 1. The number of carbonyl (C=O) groups excluding carboxylic acids is 2. The Morgan fingerprint density at radius 3 is 2.39 bits per heavy atom. The first-order valence-electron chi connectivity index (χ1n) is 10.2. The largest absolute Gasteiger partial charge is 0.497 e. The molecule has 0 radical (unpaired) electrons. The van der Waals surface area contributed by atoms with Gasteiger partial charge in [-0.2, -0.15) is 13.2 Å². The first kappa shape index (κ1) is 24.2. The van der Waals surface area contributed by atoms with E-state index >= 15 is 0 Å². The summed E-state index contributed by atoms with van der Waals surface area (Å²) in [5, 5.41) is 2.76. The highest BCUT2D eigenvalue weighted by atomic mass is 19.4. The number of amides is 2. The molecule has 0 fully saturated rings. The average molecular weight is 436 g/mol. The van der Waals surface area contributed by atoms with Crippen LogP contribution in [0.1, 0.15) is 48.5 Å². The van der Waals surface area contributed by atoms with Crippen molar-refractivity contribution in [2.75, 3.05) is 25.1 Å². The Hall–Kier alpha value is -3.03. The van der Waals surface area contributed by atoms with Crippen molar-refractivity contribution in [1.82, 2.24) is 5.32 Å². The van der Waals surface area contributed by atoms with Gasteiger partial charge in [-0.3, -0.25) is 9.59 Å². The molecule has 2 rings (SSSR count). The molecule has 1 N–H and O–H groups in total. The minimum atomic E-state index is -4.49. The van der Waals surface area contributed by atoms with Crippen molar-refractivity contribution in [3.63, 3.8) is 0 Å². The molecular weight excluding hydrogens is 409 g/mol. The van der Waals surface area contributed by atoms with Crippen LogP contribution in [0.15, 0.2) is 48.5 Å². The quantitative estimate of drug-likeness (QED) is 0.530. The highest BCUT2D eigenvalue weighted by molar-refractivity contribution is 5.94. The van der Waals surface area contributed by atoms with E-state index in [1.165, 1.54) is 24.1 Å². The number of carbonyl (C=O) groups is 2. The Labute approximate surface area is 180 Å². The molecule has 0 aliphatic rings. The molecule has 0 aliphatic heterocycles. The highest BCUT2D eigenvalue weighted by Gasteiger charge is 2.31. The summed E-state index contributed by atoms with van der Waals surface area (Å²) in [4.78, 5) is 26.2. The summed E-state index contributed by atoms with van der Waals surface area (Å²) in [6, 6.07) is 11.4. The second kappa shape index (κ2) is 11.4. The van der Waals surface area contributed by atoms with E-state index in [1.807, 2.05) is 6.92 Å². The van der Waals surface area contributed by atoms with Crippen molar-refractivity contribution in [3.05, 3.63) is 59.7 Å². The number of hydrogen-bond donors (Lipinski definition) is 1. The number of unbranched alkanes of at least 4 members (excludes halogenated alkanes) is 1. The maximum absolute atomic E-state index is 13.1. The van der Waals surface area contributed by atoms with Gasteiger partial charge >= 0.3 is 6.18 Å². The standard InChI is InChI=1S/C23H27F3N2O3/c1-3-4-9-21(29)28(19-8-5-7-18(16-19)23(24,25)26)15-6-14-27-22(30)17-10-12-20(31-2)13-11-17/h5,7-8,10-13,16H,3-4,6,9,14-15H2,1-2H3,(H,27,30). The predicted octanol–water partition coefficient (Wildman–Crippen LogP) is 5.06. The Morgan fingerprint density at radius 1 is 1.06 bits per heavy atom. The number of rotatable bonds is 10. The molecule has 2 aromatic rings. The summed E-state index contributed by atoms with van der Waals surface area (Å²) in [6.07, 6.45) is -2.37. The third-order valence-electron chi connectivity index (χ3n) is 4.73. The molecule has 0 spiro atoms. The lowest BCUT2D eigenvalue weighted by Crippen LogP contribution is -2.34. The number of methoxy groups -OCH3 is 1. The fourth-order valence-corrected chi connectivity index (χ4v) is 2.99. The molecule has 31 heavy (non-hydrogen) atoms. The molecule has 168 valence electrons. The van der Waals surface area contributed by atoms with E-state index in [1.54, 1.807) is 24.3 Å². The van der Waals surface area contributed by atoms with Gasteiger partial charge in [-0.25, -0.2) is 0 Å². The molecule has 0 heterocycles. The van der Waals surface area contributed by atoms with Gasteiger partial charge in [-0.1, -0.05) is 19.4 Å².